The summed E-state index contributed by atoms with van der Waals surface area (Å²) in [7, 11) is 0. The molecule has 364 valence electrons. The van der Waals surface area contributed by atoms with Gasteiger partial charge in [-0.1, -0.05) is 38.3 Å². The lowest BCUT2D eigenvalue weighted by Crippen LogP contribution is -2.35. The minimum Gasteiger partial charge on any atom is -0.494 e. The molecule has 66 heavy (non-hydrogen) atoms. The largest absolute Gasteiger partial charge is 0.494 e. The summed E-state index contributed by atoms with van der Waals surface area (Å²) in [5, 5.41) is 22.4. The quantitative estimate of drug-likeness (QED) is 0.0700. The van der Waals surface area contributed by atoms with Crippen molar-refractivity contribution < 1.29 is 28.3 Å². The second-order valence-electron chi connectivity index (χ2n) is 18.1. The van der Waals surface area contributed by atoms with Gasteiger partial charge in [-0.15, -0.1) is 0 Å². The van der Waals surface area contributed by atoms with Crippen LogP contribution in [0.1, 0.15) is 121 Å². The fourth-order valence-electron chi connectivity index (χ4n) is 8.51. The van der Waals surface area contributed by atoms with Gasteiger partial charge in [0.2, 0.25) is 0 Å². The number of nitriles is 1. The summed E-state index contributed by atoms with van der Waals surface area (Å²) < 4.78 is 30.2. The van der Waals surface area contributed by atoms with Crippen LogP contribution in [0, 0.1) is 33.2 Å². The van der Waals surface area contributed by atoms with Crippen molar-refractivity contribution in [2.75, 3.05) is 91.8 Å². The number of Topliss-reactive ketones (excluding diaryl/α,β-unsaturated/α-hetero) is 1. The minimum atomic E-state index is -0.518. The molecule has 4 fully saturated rings. The second-order valence-corrected chi connectivity index (χ2v) is 18.1. The first kappa shape index (κ1) is 54.0. The van der Waals surface area contributed by atoms with E-state index in [4.69, 9.17) is 19.5 Å². The topological polar surface area (TPSA) is 133 Å². The second kappa shape index (κ2) is 33.0. The zero-order valence-corrected chi connectivity index (χ0v) is 40.2. The molecule has 12 nitrogen and oxygen atoms in total. The molecule has 7 rings (SSSR count). The fourth-order valence-corrected chi connectivity index (χ4v) is 8.51. The zero-order valence-electron chi connectivity index (χ0n) is 40.2. The Morgan fingerprint density at radius 2 is 1.20 bits per heavy atom. The van der Waals surface area contributed by atoms with Crippen molar-refractivity contribution in [3.63, 3.8) is 0 Å². The maximum Gasteiger partial charge on any atom is 0.269 e. The van der Waals surface area contributed by atoms with Gasteiger partial charge < -0.3 is 39.0 Å². The number of rotatable bonds is 19. The Kier molecular flexibility index (Phi) is 27.0. The number of non-ortho nitro benzene ring substituents is 1. The van der Waals surface area contributed by atoms with E-state index in [9.17, 15) is 19.3 Å². The van der Waals surface area contributed by atoms with Crippen molar-refractivity contribution in [2.45, 2.75) is 117 Å². The lowest BCUT2D eigenvalue weighted by Gasteiger charge is -2.30. The highest BCUT2D eigenvalue weighted by Gasteiger charge is 2.16. The molecule has 4 saturated heterocycles. The van der Waals surface area contributed by atoms with Gasteiger partial charge in [-0.3, -0.25) is 10.1 Å². The van der Waals surface area contributed by atoms with Gasteiger partial charge >= 0.3 is 0 Å². The molecule has 4 aliphatic heterocycles. The lowest BCUT2D eigenvalue weighted by atomic mass is 10.0. The molecular weight excluding hydrogens is 836 g/mol. The third-order valence-electron chi connectivity index (χ3n) is 12.3. The summed E-state index contributed by atoms with van der Waals surface area (Å²) in [4.78, 5) is 28.6. The van der Waals surface area contributed by atoms with Crippen molar-refractivity contribution in [1.82, 2.24) is 20.0 Å². The number of likely N-dealkylation sites (tertiary alicyclic amines) is 3. The van der Waals surface area contributed by atoms with E-state index in [1.165, 1.54) is 153 Å². The molecule has 13 heteroatoms. The number of halogens is 1. The van der Waals surface area contributed by atoms with Gasteiger partial charge in [0.05, 0.1) is 30.3 Å². The maximum absolute atomic E-state index is 13.3. The molecule has 0 saturated carbocycles. The minimum absolute atomic E-state index is 0.0562. The van der Waals surface area contributed by atoms with Crippen LogP contribution in [0.4, 0.5) is 10.1 Å². The highest BCUT2D eigenvalue weighted by Crippen LogP contribution is 2.20. The third kappa shape index (κ3) is 23.7. The number of ether oxygens (including phenoxy) is 3. The van der Waals surface area contributed by atoms with Crippen LogP contribution in [0.2, 0.25) is 0 Å². The average molecular weight is 915 g/mol. The van der Waals surface area contributed by atoms with Crippen molar-refractivity contribution in [1.29, 1.82) is 5.26 Å². The van der Waals surface area contributed by atoms with Crippen LogP contribution in [0.3, 0.4) is 0 Å². The number of hydrogen-bond acceptors (Lipinski definition) is 11. The van der Waals surface area contributed by atoms with Gasteiger partial charge in [0.25, 0.3) is 5.69 Å². The number of hydrogen-bond donors (Lipinski definition) is 1. The Labute approximate surface area is 395 Å². The predicted molar refractivity (Wildman–Crippen MR) is 262 cm³/mol. The number of aryl methyl sites for hydroxylation is 1. The molecule has 1 N–H and O–H groups in total. The van der Waals surface area contributed by atoms with E-state index < -0.39 is 10.7 Å². The number of carbonyl (C=O) groups excluding carboxylic acids is 1. The first-order valence-electron chi connectivity index (χ1n) is 25.0. The van der Waals surface area contributed by atoms with Crippen molar-refractivity contribution in [3.05, 3.63) is 93.8 Å². The number of nitro groups is 1. The molecule has 0 aromatic heterocycles. The fraction of sp³-hybridized carbons (Fsp3) is 0.623. The molecule has 0 aliphatic carbocycles. The summed E-state index contributed by atoms with van der Waals surface area (Å²) in [6.45, 7) is 19.0. The highest BCUT2D eigenvalue weighted by atomic mass is 19.1. The van der Waals surface area contributed by atoms with Crippen LogP contribution in [-0.4, -0.2) is 117 Å². The van der Waals surface area contributed by atoms with E-state index in [0.717, 1.165) is 63.6 Å². The van der Waals surface area contributed by atoms with Crippen LogP contribution in [0.25, 0.3) is 0 Å². The van der Waals surface area contributed by atoms with E-state index in [-0.39, 0.29) is 17.0 Å². The van der Waals surface area contributed by atoms with Gasteiger partial charge in [-0.05, 0) is 178 Å². The Bertz CT molecular complexity index is 1800. The molecule has 4 heterocycles. The first-order chi connectivity index (χ1) is 32.2. The van der Waals surface area contributed by atoms with Gasteiger partial charge in [-0.25, -0.2) is 4.39 Å². The van der Waals surface area contributed by atoms with E-state index in [1.54, 1.807) is 31.2 Å². The van der Waals surface area contributed by atoms with Crippen LogP contribution >= 0.6 is 0 Å². The van der Waals surface area contributed by atoms with E-state index in [2.05, 4.69) is 39.1 Å². The Balaban J connectivity index is 0.000000203. The number of ketones is 1. The molecule has 3 aromatic rings. The van der Waals surface area contributed by atoms with Gasteiger partial charge in [0, 0.05) is 50.8 Å². The molecule has 1 atom stereocenters. The average Bonchev–Trinajstić information content (AvgIpc) is 3.35. The Morgan fingerprint density at radius 1 is 0.712 bits per heavy atom. The maximum atomic E-state index is 13.3. The van der Waals surface area contributed by atoms with E-state index in [0.29, 0.717) is 31.1 Å². The molecule has 0 spiro atoms. The normalized spacial score (nSPS) is 17.8. The standard InChI is InChI=1S/C18H27NO2.C15H19FN2O.C15H22N2O3.C5H11N/c1-16(20)6-7-17-8-10-18(11-9-17)21-15-5-14-19-12-3-2-4-13-19;16-15-11-14(6-5-13(15)12-17)19-10-4-9-18-7-2-1-3-8-18;1-13-4-2-9-16(12-13)10-3-11-20-15-7-5-14(6-8-15)17(18)19;1-2-4-6-5-3-1/h8-11H,2-7,12-15H2,1H3;5-6,11H,1-4,7-10H2;5-8,13H,2-4,9-12H2,1H3;6H,1-5H2. The number of benzene rings is 3. The number of nitro benzene ring substituents is 1. The number of piperidine rings is 4. The summed E-state index contributed by atoms with van der Waals surface area (Å²) in [6.07, 6.45) is 19.3. The van der Waals surface area contributed by atoms with Crippen molar-refractivity contribution in [2.24, 2.45) is 5.92 Å². The van der Waals surface area contributed by atoms with E-state index >= 15 is 0 Å². The third-order valence-corrected chi connectivity index (χ3v) is 12.3. The zero-order chi connectivity index (χ0) is 47.0. The molecule has 4 aliphatic rings. The highest BCUT2D eigenvalue weighted by molar-refractivity contribution is 5.75. The smallest absolute Gasteiger partial charge is 0.269 e. The Hall–Kier alpha value is -4.61. The molecular formula is C53H79FN6O6. The van der Waals surface area contributed by atoms with Crippen LogP contribution in [0.15, 0.2) is 66.7 Å². The van der Waals surface area contributed by atoms with Crippen LogP contribution in [-0.2, 0) is 11.2 Å². The van der Waals surface area contributed by atoms with E-state index in [1.807, 2.05) is 12.1 Å². The van der Waals surface area contributed by atoms with Crippen LogP contribution < -0.4 is 19.5 Å². The van der Waals surface area contributed by atoms with Gasteiger partial charge in [0.15, 0.2) is 0 Å². The lowest BCUT2D eigenvalue weighted by molar-refractivity contribution is -0.384. The van der Waals surface area contributed by atoms with Crippen molar-refractivity contribution in [3.8, 4) is 23.3 Å². The number of carbonyl (C=O) groups is 1. The number of nitrogens with one attached hydrogen (secondary N) is 1. The number of nitrogens with zero attached hydrogens (tertiary/aromatic N) is 5. The molecule has 3 aromatic carbocycles. The molecule has 0 amide bonds. The summed E-state index contributed by atoms with van der Waals surface area (Å²) in [5.41, 5.74) is 1.35. The van der Waals surface area contributed by atoms with Crippen molar-refractivity contribution >= 4 is 11.5 Å². The molecule has 0 radical (unpaired) electrons. The van der Waals surface area contributed by atoms with Gasteiger partial charge in [0.1, 0.15) is 34.9 Å². The summed E-state index contributed by atoms with van der Waals surface area (Å²) >= 11 is 0. The predicted octanol–water partition coefficient (Wildman–Crippen LogP) is 10.3. The summed E-state index contributed by atoms with van der Waals surface area (Å²) in [6, 6.07) is 20.6. The Morgan fingerprint density at radius 3 is 1.65 bits per heavy atom. The monoisotopic (exact) mass is 915 g/mol. The van der Waals surface area contributed by atoms with Crippen LogP contribution in [0.5, 0.6) is 17.2 Å². The SMILES string of the molecule is C1CCNCC1.CC(=O)CCc1ccc(OCCCN2CCCCC2)cc1.CC1CCCN(CCCOc2ccc([N+](=O)[O-])cc2)C1.N#Cc1ccc(OCCCN2CCCCC2)cc1F. The molecule has 0 bridgehead atoms. The summed E-state index contributed by atoms with van der Waals surface area (Å²) in [5.74, 6) is 2.65. The van der Waals surface area contributed by atoms with Gasteiger partial charge in [-0.2, -0.15) is 5.26 Å². The molecule has 1 unspecified atom stereocenters. The first-order valence-corrected chi connectivity index (χ1v) is 25.0.